The second-order valence-corrected chi connectivity index (χ2v) is 5.46. The first-order valence-electron chi connectivity index (χ1n) is 6.92. The number of hydrogen-bond acceptors (Lipinski definition) is 5. The molecule has 0 amide bonds. The maximum absolute atomic E-state index is 5.75. The fourth-order valence-electron chi connectivity index (χ4n) is 2.36. The maximum atomic E-state index is 5.75. The number of benzene rings is 1. The summed E-state index contributed by atoms with van der Waals surface area (Å²) in [5, 5.41) is 0. The third kappa shape index (κ3) is 2.43. The molecule has 0 aliphatic heterocycles. The lowest BCUT2D eigenvalue weighted by Crippen LogP contribution is -2.15. The zero-order valence-electron chi connectivity index (χ0n) is 11.9. The first-order chi connectivity index (χ1) is 9.63. The third-order valence-corrected chi connectivity index (χ3v) is 3.79. The number of nitrogens with two attached hydrogens (primary N) is 1. The molecule has 0 spiro atoms. The van der Waals surface area contributed by atoms with Gasteiger partial charge in [0.15, 0.2) is 5.82 Å². The van der Waals surface area contributed by atoms with Gasteiger partial charge in [-0.2, -0.15) is 15.0 Å². The number of anilines is 2. The Morgan fingerprint density at radius 1 is 1.05 bits per heavy atom. The number of hydrogen-bond donors (Lipinski definition) is 1. The highest BCUT2D eigenvalue weighted by molar-refractivity contribution is 5.58. The van der Waals surface area contributed by atoms with Gasteiger partial charge < -0.3 is 10.6 Å². The van der Waals surface area contributed by atoms with Crippen molar-refractivity contribution in [1.82, 2.24) is 15.0 Å². The highest BCUT2D eigenvalue weighted by atomic mass is 15.3. The molecule has 1 aromatic heterocycles. The van der Waals surface area contributed by atoms with Gasteiger partial charge in [-0.15, -0.1) is 0 Å². The molecular formula is C15H19N5. The van der Waals surface area contributed by atoms with E-state index in [1.165, 1.54) is 24.8 Å². The van der Waals surface area contributed by atoms with Crippen molar-refractivity contribution in [3.63, 3.8) is 0 Å². The Labute approximate surface area is 118 Å². The van der Waals surface area contributed by atoms with E-state index in [-0.39, 0.29) is 5.95 Å². The lowest BCUT2D eigenvalue weighted by Gasteiger charge is -2.25. The Balaban J connectivity index is 1.91. The van der Waals surface area contributed by atoms with Gasteiger partial charge in [-0.1, -0.05) is 30.7 Å². The second-order valence-electron chi connectivity index (χ2n) is 5.46. The summed E-state index contributed by atoms with van der Waals surface area (Å²) >= 11 is 0. The van der Waals surface area contributed by atoms with Crippen molar-refractivity contribution in [1.29, 1.82) is 0 Å². The van der Waals surface area contributed by atoms with E-state index in [0.29, 0.717) is 11.8 Å². The topological polar surface area (TPSA) is 67.9 Å². The van der Waals surface area contributed by atoms with Crippen molar-refractivity contribution in [2.24, 2.45) is 0 Å². The largest absolute Gasteiger partial charge is 0.368 e. The van der Waals surface area contributed by atoms with Crippen LogP contribution in [0.1, 0.15) is 30.7 Å². The molecule has 20 heavy (non-hydrogen) atoms. The number of nitrogen functional groups attached to an aromatic ring is 1. The van der Waals surface area contributed by atoms with Crippen LogP contribution in [-0.2, 0) is 0 Å². The van der Waals surface area contributed by atoms with Crippen LogP contribution in [0.25, 0.3) is 11.4 Å². The lowest BCUT2D eigenvalue weighted by atomic mass is 9.80. The minimum Gasteiger partial charge on any atom is -0.368 e. The Morgan fingerprint density at radius 3 is 2.30 bits per heavy atom. The van der Waals surface area contributed by atoms with Crippen molar-refractivity contribution >= 4 is 11.9 Å². The normalized spacial score (nSPS) is 14.9. The Kier molecular flexibility index (Phi) is 3.26. The standard InChI is InChI=1S/C15H19N5/c1-20(2)15-18-13(17-14(16)19-15)12-8-6-11(7-9-12)10-4-3-5-10/h6-10H,3-5H2,1-2H3,(H2,16,17,18,19). The summed E-state index contributed by atoms with van der Waals surface area (Å²) in [4.78, 5) is 14.6. The molecule has 5 heteroatoms. The van der Waals surface area contributed by atoms with Gasteiger partial charge in [0.1, 0.15) is 0 Å². The second kappa shape index (κ2) is 5.07. The summed E-state index contributed by atoms with van der Waals surface area (Å²) < 4.78 is 0. The molecule has 1 heterocycles. The molecule has 1 aliphatic carbocycles. The molecule has 0 saturated heterocycles. The zero-order valence-corrected chi connectivity index (χ0v) is 11.9. The van der Waals surface area contributed by atoms with Gasteiger partial charge in [-0.05, 0) is 24.3 Å². The van der Waals surface area contributed by atoms with Crippen LogP contribution < -0.4 is 10.6 Å². The van der Waals surface area contributed by atoms with E-state index in [0.717, 1.165) is 11.5 Å². The van der Waals surface area contributed by atoms with Gasteiger partial charge in [0.25, 0.3) is 0 Å². The molecule has 0 atom stereocenters. The van der Waals surface area contributed by atoms with Crippen LogP contribution in [0.5, 0.6) is 0 Å². The summed E-state index contributed by atoms with van der Waals surface area (Å²) in [6, 6.07) is 8.49. The highest BCUT2D eigenvalue weighted by Gasteiger charge is 2.19. The van der Waals surface area contributed by atoms with Crippen LogP contribution in [0, 0.1) is 0 Å². The average Bonchev–Trinajstić information content (AvgIpc) is 2.37. The van der Waals surface area contributed by atoms with Gasteiger partial charge in [0.05, 0.1) is 0 Å². The Hall–Kier alpha value is -2.17. The fourth-order valence-corrected chi connectivity index (χ4v) is 2.36. The van der Waals surface area contributed by atoms with Crippen LogP contribution in [-0.4, -0.2) is 29.0 Å². The molecule has 0 radical (unpaired) electrons. The molecular weight excluding hydrogens is 250 g/mol. The maximum Gasteiger partial charge on any atom is 0.230 e. The average molecular weight is 269 g/mol. The van der Waals surface area contributed by atoms with E-state index in [1.807, 2.05) is 19.0 Å². The van der Waals surface area contributed by atoms with E-state index < -0.39 is 0 Å². The minimum atomic E-state index is 0.252. The van der Waals surface area contributed by atoms with Crippen molar-refractivity contribution in [3.8, 4) is 11.4 Å². The quantitative estimate of drug-likeness (QED) is 0.927. The molecule has 1 fully saturated rings. The fraction of sp³-hybridized carbons (Fsp3) is 0.400. The van der Waals surface area contributed by atoms with Crippen LogP contribution in [0.4, 0.5) is 11.9 Å². The van der Waals surface area contributed by atoms with Crippen LogP contribution in [0.3, 0.4) is 0 Å². The molecule has 1 saturated carbocycles. The predicted octanol–water partition coefficient (Wildman–Crippen LogP) is 2.45. The van der Waals surface area contributed by atoms with Gasteiger partial charge in [0.2, 0.25) is 11.9 Å². The van der Waals surface area contributed by atoms with Crippen LogP contribution >= 0.6 is 0 Å². The number of rotatable bonds is 3. The van der Waals surface area contributed by atoms with Crippen LogP contribution in [0.2, 0.25) is 0 Å². The van der Waals surface area contributed by atoms with Gasteiger partial charge in [-0.25, -0.2) is 0 Å². The Morgan fingerprint density at radius 2 is 1.75 bits per heavy atom. The summed E-state index contributed by atoms with van der Waals surface area (Å²) in [5.41, 5.74) is 8.14. The van der Waals surface area contributed by atoms with Crippen LogP contribution in [0.15, 0.2) is 24.3 Å². The van der Waals surface area contributed by atoms with Gasteiger partial charge >= 0.3 is 0 Å². The van der Waals surface area contributed by atoms with Crippen molar-refractivity contribution in [2.75, 3.05) is 24.7 Å². The zero-order chi connectivity index (χ0) is 14.1. The van der Waals surface area contributed by atoms with Crippen molar-refractivity contribution in [2.45, 2.75) is 25.2 Å². The number of aromatic nitrogens is 3. The van der Waals surface area contributed by atoms with Crippen molar-refractivity contribution < 1.29 is 0 Å². The summed E-state index contributed by atoms with van der Waals surface area (Å²) in [6.07, 6.45) is 3.97. The van der Waals surface area contributed by atoms with Gasteiger partial charge in [0, 0.05) is 19.7 Å². The van der Waals surface area contributed by atoms with E-state index in [2.05, 4.69) is 39.2 Å². The smallest absolute Gasteiger partial charge is 0.230 e. The first kappa shape index (κ1) is 12.8. The SMILES string of the molecule is CN(C)c1nc(N)nc(-c2ccc(C3CCC3)cc2)n1. The summed E-state index contributed by atoms with van der Waals surface area (Å²) in [5.74, 6) is 2.20. The summed E-state index contributed by atoms with van der Waals surface area (Å²) in [6.45, 7) is 0. The van der Waals surface area contributed by atoms with E-state index in [9.17, 15) is 0 Å². The minimum absolute atomic E-state index is 0.252. The lowest BCUT2D eigenvalue weighted by molar-refractivity contribution is 0.420. The van der Waals surface area contributed by atoms with Crippen molar-refractivity contribution in [3.05, 3.63) is 29.8 Å². The predicted molar refractivity (Wildman–Crippen MR) is 80.6 cm³/mol. The molecule has 0 unspecified atom stereocenters. The van der Waals surface area contributed by atoms with E-state index in [4.69, 9.17) is 5.73 Å². The number of nitrogens with zero attached hydrogens (tertiary/aromatic N) is 4. The molecule has 3 rings (SSSR count). The molecule has 2 aromatic rings. The van der Waals surface area contributed by atoms with E-state index >= 15 is 0 Å². The molecule has 1 aromatic carbocycles. The molecule has 5 nitrogen and oxygen atoms in total. The monoisotopic (exact) mass is 269 g/mol. The van der Waals surface area contributed by atoms with Gasteiger partial charge in [-0.3, -0.25) is 0 Å². The molecule has 0 bridgehead atoms. The van der Waals surface area contributed by atoms with E-state index in [1.54, 1.807) is 0 Å². The third-order valence-electron chi connectivity index (χ3n) is 3.79. The molecule has 104 valence electrons. The molecule has 2 N–H and O–H groups in total. The summed E-state index contributed by atoms with van der Waals surface area (Å²) in [7, 11) is 3.77. The molecule has 1 aliphatic rings. The highest BCUT2D eigenvalue weighted by Crippen LogP contribution is 2.36. The first-order valence-corrected chi connectivity index (χ1v) is 6.92. The Bertz CT molecular complexity index is 602.